The maximum Gasteiger partial charge on any atom is 0.162 e. The Morgan fingerprint density at radius 2 is 1.75 bits per heavy atom. The van der Waals surface area contributed by atoms with Gasteiger partial charge in [-0.15, -0.1) is 0 Å². The van der Waals surface area contributed by atoms with Crippen LogP contribution < -0.4 is 16.2 Å². The van der Waals surface area contributed by atoms with E-state index in [9.17, 15) is 0 Å². The van der Waals surface area contributed by atoms with E-state index in [1.807, 2.05) is 37.3 Å². The molecule has 0 saturated carbocycles. The SMILES string of the molecule is CC(N)C(N)Oc1ccccc1. The third kappa shape index (κ3) is 2.53. The molecule has 3 heteroatoms. The highest BCUT2D eigenvalue weighted by atomic mass is 16.5. The van der Waals surface area contributed by atoms with Crippen molar-refractivity contribution in [2.45, 2.75) is 19.2 Å². The van der Waals surface area contributed by atoms with Crippen molar-refractivity contribution in [3.05, 3.63) is 30.3 Å². The van der Waals surface area contributed by atoms with Crippen LogP contribution in [-0.4, -0.2) is 12.3 Å². The van der Waals surface area contributed by atoms with Crippen LogP contribution in [0.5, 0.6) is 5.75 Å². The molecular formula is C9H14N2O. The van der Waals surface area contributed by atoms with E-state index in [-0.39, 0.29) is 6.04 Å². The second-order valence-corrected chi connectivity index (χ2v) is 2.75. The number of benzene rings is 1. The molecule has 0 heterocycles. The van der Waals surface area contributed by atoms with Crippen molar-refractivity contribution in [1.29, 1.82) is 0 Å². The summed E-state index contributed by atoms with van der Waals surface area (Å²) in [4.78, 5) is 0. The van der Waals surface area contributed by atoms with Crippen molar-refractivity contribution in [2.24, 2.45) is 11.5 Å². The number of ether oxygens (including phenoxy) is 1. The summed E-state index contributed by atoms with van der Waals surface area (Å²) in [6.07, 6.45) is -0.438. The van der Waals surface area contributed by atoms with Gasteiger partial charge in [0.05, 0.1) is 6.04 Å². The first-order chi connectivity index (χ1) is 5.70. The van der Waals surface area contributed by atoms with E-state index in [0.29, 0.717) is 0 Å². The van der Waals surface area contributed by atoms with Crippen molar-refractivity contribution >= 4 is 0 Å². The molecule has 0 fully saturated rings. The summed E-state index contributed by atoms with van der Waals surface area (Å²) < 4.78 is 5.33. The largest absolute Gasteiger partial charge is 0.474 e. The zero-order valence-electron chi connectivity index (χ0n) is 7.10. The molecule has 1 rings (SSSR count). The smallest absolute Gasteiger partial charge is 0.162 e. The molecule has 0 saturated heterocycles. The average molecular weight is 166 g/mol. The van der Waals surface area contributed by atoms with Gasteiger partial charge >= 0.3 is 0 Å². The molecule has 1 aromatic rings. The Balaban J connectivity index is 2.53. The molecule has 0 aliphatic rings. The molecule has 66 valence electrons. The quantitative estimate of drug-likeness (QED) is 0.650. The first kappa shape index (κ1) is 9.03. The second kappa shape index (κ2) is 4.09. The highest BCUT2D eigenvalue weighted by Gasteiger charge is 2.08. The van der Waals surface area contributed by atoms with Gasteiger partial charge in [-0.05, 0) is 19.1 Å². The summed E-state index contributed by atoms with van der Waals surface area (Å²) in [6, 6.07) is 9.24. The Labute approximate surface area is 72.3 Å². The molecule has 0 aromatic heterocycles. The zero-order chi connectivity index (χ0) is 8.97. The van der Waals surface area contributed by atoms with Crippen molar-refractivity contribution in [3.8, 4) is 5.75 Å². The van der Waals surface area contributed by atoms with Gasteiger partial charge in [0.25, 0.3) is 0 Å². The second-order valence-electron chi connectivity index (χ2n) is 2.75. The van der Waals surface area contributed by atoms with Crippen LogP contribution in [0.4, 0.5) is 0 Å². The number of nitrogens with two attached hydrogens (primary N) is 2. The molecule has 4 N–H and O–H groups in total. The molecule has 2 atom stereocenters. The molecule has 0 aliphatic carbocycles. The van der Waals surface area contributed by atoms with Crippen LogP contribution in [0.25, 0.3) is 0 Å². The summed E-state index contributed by atoms with van der Waals surface area (Å²) >= 11 is 0. The molecular weight excluding hydrogens is 152 g/mol. The van der Waals surface area contributed by atoms with E-state index in [2.05, 4.69) is 0 Å². The highest BCUT2D eigenvalue weighted by molar-refractivity contribution is 5.21. The van der Waals surface area contributed by atoms with Crippen LogP contribution in [0.15, 0.2) is 30.3 Å². The average Bonchev–Trinajstić information content (AvgIpc) is 2.06. The predicted molar refractivity (Wildman–Crippen MR) is 48.7 cm³/mol. The lowest BCUT2D eigenvalue weighted by Gasteiger charge is -2.17. The lowest BCUT2D eigenvalue weighted by atomic mass is 10.3. The Morgan fingerprint density at radius 3 is 2.25 bits per heavy atom. The first-order valence-corrected chi connectivity index (χ1v) is 3.93. The van der Waals surface area contributed by atoms with Gasteiger partial charge in [-0.3, -0.25) is 5.73 Å². The Hall–Kier alpha value is -1.06. The van der Waals surface area contributed by atoms with Gasteiger partial charge in [0.15, 0.2) is 6.23 Å². The van der Waals surface area contributed by atoms with E-state index in [0.717, 1.165) is 5.75 Å². The van der Waals surface area contributed by atoms with Gasteiger partial charge in [0.2, 0.25) is 0 Å². The Morgan fingerprint density at radius 1 is 1.17 bits per heavy atom. The summed E-state index contributed by atoms with van der Waals surface area (Å²) in [5.41, 5.74) is 11.1. The highest BCUT2D eigenvalue weighted by Crippen LogP contribution is 2.09. The van der Waals surface area contributed by atoms with Crippen molar-refractivity contribution in [1.82, 2.24) is 0 Å². The third-order valence-corrected chi connectivity index (χ3v) is 1.53. The number of para-hydroxylation sites is 1. The van der Waals surface area contributed by atoms with E-state index in [4.69, 9.17) is 16.2 Å². The van der Waals surface area contributed by atoms with Gasteiger partial charge in [-0.2, -0.15) is 0 Å². The van der Waals surface area contributed by atoms with E-state index < -0.39 is 6.23 Å². The topological polar surface area (TPSA) is 61.3 Å². The first-order valence-electron chi connectivity index (χ1n) is 3.93. The monoisotopic (exact) mass is 166 g/mol. The van der Waals surface area contributed by atoms with Gasteiger partial charge in [0, 0.05) is 0 Å². The molecule has 1 aromatic carbocycles. The molecule has 0 aliphatic heterocycles. The number of rotatable bonds is 3. The van der Waals surface area contributed by atoms with Crippen molar-refractivity contribution in [2.75, 3.05) is 0 Å². The minimum absolute atomic E-state index is 0.162. The summed E-state index contributed by atoms with van der Waals surface area (Å²) in [5, 5.41) is 0. The van der Waals surface area contributed by atoms with Crippen LogP contribution in [0.2, 0.25) is 0 Å². The number of hydrogen-bond acceptors (Lipinski definition) is 3. The molecule has 2 unspecified atom stereocenters. The fraction of sp³-hybridized carbons (Fsp3) is 0.333. The standard InChI is InChI=1S/C9H14N2O/c1-7(10)9(11)12-8-5-3-2-4-6-8/h2-7,9H,10-11H2,1H3. The van der Waals surface area contributed by atoms with Gasteiger partial charge < -0.3 is 10.5 Å². The zero-order valence-corrected chi connectivity index (χ0v) is 7.10. The van der Waals surface area contributed by atoms with E-state index in [1.54, 1.807) is 0 Å². The fourth-order valence-corrected chi connectivity index (χ4v) is 0.764. The summed E-state index contributed by atoms with van der Waals surface area (Å²) in [5.74, 6) is 0.752. The normalized spacial score (nSPS) is 15.2. The molecule has 0 amide bonds. The summed E-state index contributed by atoms with van der Waals surface area (Å²) in [6.45, 7) is 1.81. The minimum atomic E-state index is -0.438. The maximum atomic E-state index is 5.60. The Kier molecular flexibility index (Phi) is 3.08. The lowest BCUT2D eigenvalue weighted by molar-refractivity contribution is 0.184. The maximum absolute atomic E-state index is 5.60. The van der Waals surface area contributed by atoms with E-state index >= 15 is 0 Å². The van der Waals surface area contributed by atoms with Gasteiger partial charge in [-0.25, -0.2) is 0 Å². The van der Waals surface area contributed by atoms with Crippen LogP contribution >= 0.6 is 0 Å². The molecule has 0 spiro atoms. The Bertz CT molecular complexity index is 223. The molecule has 12 heavy (non-hydrogen) atoms. The molecule has 0 radical (unpaired) electrons. The lowest BCUT2D eigenvalue weighted by Crippen LogP contribution is -2.43. The van der Waals surface area contributed by atoms with Gasteiger partial charge in [-0.1, -0.05) is 18.2 Å². The third-order valence-electron chi connectivity index (χ3n) is 1.53. The molecule has 3 nitrogen and oxygen atoms in total. The van der Waals surface area contributed by atoms with Crippen molar-refractivity contribution < 1.29 is 4.74 Å². The van der Waals surface area contributed by atoms with Crippen LogP contribution in [0, 0.1) is 0 Å². The summed E-state index contributed by atoms with van der Waals surface area (Å²) in [7, 11) is 0. The molecule has 0 bridgehead atoms. The van der Waals surface area contributed by atoms with Crippen molar-refractivity contribution in [3.63, 3.8) is 0 Å². The van der Waals surface area contributed by atoms with E-state index in [1.165, 1.54) is 0 Å². The predicted octanol–water partition coefficient (Wildman–Crippen LogP) is 0.697. The minimum Gasteiger partial charge on any atom is -0.474 e. The fourth-order valence-electron chi connectivity index (χ4n) is 0.764. The number of hydrogen-bond donors (Lipinski definition) is 2. The van der Waals surface area contributed by atoms with Gasteiger partial charge in [0.1, 0.15) is 5.75 Å². The van der Waals surface area contributed by atoms with Crippen LogP contribution in [-0.2, 0) is 0 Å². The van der Waals surface area contributed by atoms with Crippen LogP contribution in [0.1, 0.15) is 6.92 Å². The van der Waals surface area contributed by atoms with Crippen LogP contribution in [0.3, 0.4) is 0 Å².